The third-order valence-corrected chi connectivity index (χ3v) is 3.59. The van der Waals surface area contributed by atoms with Gasteiger partial charge in [0.15, 0.2) is 0 Å². The molecule has 1 heterocycles. The first kappa shape index (κ1) is 15.7. The predicted molar refractivity (Wildman–Crippen MR) is 84.3 cm³/mol. The number of hydrogen-bond donors (Lipinski definition) is 1. The monoisotopic (exact) mass is 327 g/mol. The number of methoxy groups -OCH3 is 2. The lowest BCUT2D eigenvalue weighted by Gasteiger charge is -2.15. The molecule has 0 saturated heterocycles. The number of aromatic nitrogens is 2. The normalized spacial score (nSPS) is 10.3. The summed E-state index contributed by atoms with van der Waals surface area (Å²) in [6.07, 6.45) is 2.11. The van der Waals surface area contributed by atoms with Crippen LogP contribution in [0.3, 0.4) is 0 Å². The molecule has 0 radical (unpaired) electrons. The van der Waals surface area contributed by atoms with Crippen LogP contribution < -0.4 is 14.8 Å². The number of rotatable bonds is 5. The van der Waals surface area contributed by atoms with Crippen molar-refractivity contribution in [3.05, 3.63) is 34.2 Å². The highest BCUT2D eigenvalue weighted by atomic mass is 35.5. The summed E-state index contributed by atoms with van der Waals surface area (Å²) in [6.45, 7) is 1.98. The Morgan fingerprint density at radius 3 is 2.43 bits per heavy atom. The van der Waals surface area contributed by atoms with Crippen molar-refractivity contribution >= 4 is 34.7 Å². The van der Waals surface area contributed by atoms with Gasteiger partial charge in [0, 0.05) is 17.7 Å². The van der Waals surface area contributed by atoms with Gasteiger partial charge in [0.05, 0.1) is 24.9 Å². The Kier molecular flexibility index (Phi) is 5.09. The zero-order chi connectivity index (χ0) is 15.4. The quantitative estimate of drug-likeness (QED) is 0.837. The molecule has 2 aromatic rings. The summed E-state index contributed by atoms with van der Waals surface area (Å²) in [7, 11) is 3.12. The SMILES string of the molecule is CCc1c(Cl)ncnc1Nc1cc(OC)c(Cl)cc1OC. The van der Waals surface area contributed by atoms with Gasteiger partial charge < -0.3 is 14.8 Å². The van der Waals surface area contributed by atoms with Crippen LogP contribution in [0.25, 0.3) is 0 Å². The fourth-order valence-corrected chi connectivity index (χ4v) is 2.40. The summed E-state index contributed by atoms with van der Waals surface area (Å²) in [4.78, 5) is 8.20. The van der Waals surface area contributed by atoms with Crippen molar-refractivity contribution in [3.8, 4) is 11.5 Å². The van der Waals surface area contributed by atoms with E-state index in [-0.39, 0.29) is 0 Å². The van der Waals surface area contributed by atoms with Crippen molar-refractivity contribution in [1.82, 2.24) is 9.97 Å². The van der Waals surface area contributed by atoms with Gasteiger partial charge in [-0.25, -0.2) is 9.97 Å². The second-order valence-electron chi connectivity index (χ2n) is 4.16. The molecule has 112 valence electrons. The standard InChI is InChI=1S/C14H15Cl2N3O2/c1-4-8-13(16)17-7-18-14(8)19-10-6-11(20-2)9(15)5-12(10)21-3/h5-7H,4H2,1-3H3,(H,17,18,19). The van der Waals surface area contributed by atoms with E-state index in [2.05, 4.69) is 15.3 Å². The molecule has 0 spiro atoms. The first-order valence-electron chi connectivity index (χ1n) is 6.28. The van der Waals surface area contributed by atoms with Gasteiger partial charge in [0.1, 0.15) is 28.8 Å². The van der Waals surface area contributed by atoms with Crippen LogP contribution in [-0.4, -0.2) is 24.2 Å². The Bertz CT molecular complexity index is 650. The highest BCUT2D eigenvalue weighted by molar-refractivity contribution is 6.32. The smallest absolute Gasteiger partial charge is 0.144 e. The van der Waals surface area contributed by atoms with Crippen LogP contribution in [0.5, 0.6) is 11.5 Å². The first-order valence-corrected chi connectivity index (χ1v) is 7.04. The van der Waals surface area contributed by atoms with E-state index in [1.807, 2.05) is 6.92 Å². The molecule has 0 atom stereocenters. The first-order chi connectivity index (χ1) is 10.1. The Morgan fingerprint density at radius 1 is 1.10 bits per heavy atom. The molecule has 0 bridgehead atoms. The van der Waals surface area contributed by atoms with E-state index in [9.17, 15) is 0 Å². The van der Waals surface area contributed by atoms with Crippen LogP contribution in [0.2, 0.25) is 10.2 Å². The molecular weight excluding hydrogens is 313 g/mol. The second kappa shape index (κ2) is 6.83. The average Bonchev–Trinajstić information content (AvgIpc) is 2.48. The van der Waals surface area contributed by atoms with E-state index in [1.54, 1.807) is 26.4 Å². The zero-order valence-electron chi connectivity index (χ0n) is 11.9. The summed E-state index contributed by atoms with van der Waals surface area (Å²) in [5.41, 5.74) is 1.51. The van der Waals surface area contributed by atoms with Crippen LogP contribution >= 0.6 is 23.2 Å². The van der Waals surface area contributed by atoms with Gasteiger partial charge in [-0.2, -0.15) is 0 Å². The van der Waals surface area contributed by atoms with E-state index in [4.69, 9.17) is 32.7 Å². The maximum atomic E-state index is 6.09. The van der Waals surface area contributed by atoms with Gasteiger partial charge in [0.25, 0.3) is 0 Å². The number of ether oxygens (including phenoxy) is 2. The van der Waals surface area contributed by atoms with Crippen molar-refractivity contribution in [3.63, 3.8) is 0 Å². The third-order valence-electron chi connectivity index (χ3n) is 2.97. The molecule has 0 aliphatic rings. The van der Waals surface area contributed by atoms with Gasteiger partial charge in [-0.05, 0) is 6.42 Å². The molecule has 0 amide bonds. The molecule has 1 N–H and O–H groups in total. The van der Waals surface area contributed by atoms with Crippen molar-refractivity contribution in [2.45, 2.75) is 13.3 Å². The van der Waals surface area contributed by atoms with E-state index < -0.39 is 0 Å². The summed E-state index contributed by atoms with van der Waals surface area (Å²) < 4.78 is 10.5. The Morgan fingerprint density at radius 2 is 1.81 bits per heavy atom. The number of nitrogens with zero attached hydrogens (tertiary/aromatic N) is 2. The number of benzene rings is 1. The molecule has 0 fully saturated rings. The lowest BCUT2D eigenvalue weighted by Crippen LogP contribution is -2.02. The van der Waals surface area contributed by atoms with Crippen molar-refractivity contribution in [2.24, 2.45) is 0 Å². The number of halogens is 2. The summed E-state index contributed by atoms with van der Waals surface area (Å²) >= 11 is 12.2. The number of nitrogens with one attached hydrogen (secondary N) is 1. The van der Waals surface area contributed by atoms with E-state index in [0.29, 0.717) is 39.6 Å². The van der Waals surface area contributed by atoms with Gasteiger partial charge in [-0.3, -0.25) is 0 Å². The van der Waals surface area contributed by atoms with Gasteiger partial charge in [0.2, 0.25) is 0 Å². The number of hydrogen-bond acceptors (Lipinski definition) is 5. The molecular formula is C14H15Cl2N3O2. The zero-order valence-corrected chi connectivity index (χ0v) is 13.4. The lowest BCUT2D eigenvalue weighted by molar-refractivity contribution is 0.405. The summed E-state index contributed by atoms with van der Waals surface area (Å²) in [5.74, 6) is 1.75. The molecule has 1 aromatic heterocycles. The van der Waals surface area contributed by atoms with E-state index >= 15 is 0 Å². The minimum Gasteiger partial charge on any atom is -0.495 e. The average molecular weight is 328 g/mol. The molecule has 7 heteroatoms. The maximum absolute atomic E-state index is 6.09. The summed E-state index contributed by atoms with van der Waals surface area (Å²) in [6, 6.07) is 3.42. The highest BCUT2D eigenvalue weighted by Gasteiger charge is 2.13. The largest absolute Gasteiger partial charge is 0.495 e. The molecule has 21 heavy (non-hydrogen) atoms. The van der Waals surface area contributed by atoms with Crippen molar-refractivity contribution < 1.29 is 9.47 Å². The second-order valence-corrected chi connectivity index (χ2v) is 4.92. The molecule has 5 nitrogen and oxygen atoms in total. The topological polar surface area (TPSA) is 56.3 Å². The molecule has 1 aromatic carbocycles. The van der Waals surface area contributed by atoms with Gasteiger partial charge in [-0.1, -0.05) is 30.1 Å². The lowest BCUT2D eigenvalue weighted by atomic mass is 10.2. The minimum atomic E-state index is 0.426. The van der Waals surface area contributed by atoms with Crippen molar-refractivity contribution in [1.29, 1.82) is 0 Å². The molecule has 2 rings (SSSR count). The molecule has 0 unspecified atom stereocenters. The Labute approximate surface area is 133 Å². The highest BCUT2D eigenvalue weighted by Crippen LogP contribution is 2.37. The number of anilines is 2. The fraction of sp³-hybridized carbons (Fsp3) is 0.286. The van der Waals surface area contributed by atoms with Crippen LogP contribution in [-0.2, 0) is 6.42 Å². The van der Waals surface area contributed by atoms with Crippen molar-refractivity contribution in [2.75, 3.05) is 19.5 Å². The molecule has 0 aliphatic heterocycles. The van der Waals surface area contributed by atoms with Crippen LogP contribution in [0, 0.1) is 0 Å². The third kappa shape index (κ3) is 3.31. The Balaban J connectivity index is 2.46. The summed E-state index contributed by atoms with van der Waals surface area (Å²) in [5, 5.41) is 4.08. The minimum absolute atomic E-state index is 0.426. The maximum Gasteiger partial charge on any atom is 0.144 e. The molecule has 0 aliphatic carbocycles. The van der Waals surface area contributed by atoms with Gasteiger partial charge >= 0.3 is 0 Å². The van der Waals surface area contributed by atoms with Gasteiger partial charge in [-0.15, -0.1) is 0 Å². The predicted octanol–water partition coefficient (Wildman–Crippen LogP) is 4.11. The van der Waals surface area contributed by atoms with E-state index in [0.717, 1.165) is 5.56 Å². The van der Waals surface area contributed by atoms with Crippen LogP contribution in [0.1, 0.15) is 12.5 Å². The van der Waals surface area contributed by atoms with E-state index in [1.165, 1.54) is 6.33 Å². The Hall–Kier alpha value is -1.72. The fourth-order valence-electron chi connectivity index (χ4n) is 1.90. The van der Waals surface area contributed by atoms with Crippen LogP contribution in [0.4, 0.5) is 11.5 Å². The van der Waals surface area contributed by atoms with Crippen LogP contribution in [0.15, 0.2) is 18.5 Å². The molecule has 0 saturated carbocycles.